The summed E-state index contributed by atoms with van der Waals surface area (Å²) in [5, 5.41) is 8.81. The zero-order valence-corrected chi connectivity index (χ0v) is 14.2. The Morgan fingerprint density at radius 1 is 1.38 bits per heavy atom. The van der Waals surface area contributed by atoms with Gasteiger partial charge in [0, 0.05) is 50.0 Å². The molecule has 2 bridgehead atoms. The second kappa shape index (κ2) is 6.43. The van der Waals surface area contributed by atoms with Gasteiger partial charge in [-0.2, -0.15) is 0 Å². The molecule has 2 saturated heterocycles. The highest BCUT2D eigenvalue weighted by atomic mass is 16.5. The van der Waals surface area contributed by atoms with Crippen LogP contribution in [0.15, 0.2) is 12.3 Å². The molecule has 0 unspecified atom stereocenters. The molecule has 0 aromatic carbocycles. The second-order valence-electron chi connectivity index (χ2n) is 7.56. The van der Waals surface area contributed by atoms with E-state index in [9.17, 15) is 4.79 Å². The van der Waals surface area contributed by atoms with Gasteiger partial charge in [0.05, 0.1) is 5.56 Å². The Balaban J connectivity index is 1.47. The largest absolute Gasteiger partial charge is 0.299 e. The van der Waals surface area contributed by atoms with E-state index in [1.165, 1.54) is 25.7 Å². The number of piperidine rings is 2. The van der Waals surface area contributed by atoms with Gasteiger partial charge in [0.2, 0.25) is 0 Å². The van der Waals surface area contributed by atoms with Crippen molar-refractivity contribution in [3.05, 3.63) is 29.1 Å². The van der Waals surface area contributed by atoms with E-state index in [0.29, 0.717) is 11.6 Å². The van der Waals surface area contributed by atoms with E-state index in [4.69, 9.17) is 5.21 Å². The number of likely N-dealkylation sites (N-methyl/N-ethyl adjacent to an activating group) is 1. The molecule has 6 heteroatoms. The monoisotopic (exact) mass is 330 g/mol. The van der Waals surface area contributed by atoms with E-state index in [-0.39, 0.29) is 0 Å². The van der Waals surface area contributed by atoms with E-state index >= 15 is 0 Å². The molecule has 6 nitrogen and oxygen atoms in total. The number of rotatable bonds is 3. The lowest BCUT2D eigenvalue weighted by atomic mass is 9.74. The lowest BCUT2D eigenvalue weighted by Gasteiger charge is -2.51. The molecule has 1 aromatic rings. The lowest BCUT2D eigenvalue weighted by Crippen LogP contribution is -2.57. The summed E-state index contributed by atoms with van der Waals surface area (Å²) in [5.41, 5.74) is 4.31. The van der Waals surface area contributed by atoms with Crippen LogP contribution in [0.25, 0.3) is 0 Å². The molecule has 4 aliphatic rings. The minimum absolute atomic E-state index is 0.423. The van der Waals surface area contributed by atoms with Crippen LogP contribution in [-0.2, 0) is 13.0 Å². The average molecular weight is 330 g/mol. The van der Waals surface area contributed by atoms with Crippen molar-refractivity contribution < 1.29 is 10.0 Å². The van der Waals surface area contributed by atoms with Gasteiger partial charge < -0.3 is 0 Å². The molecule has 0 radical (unpaired) electrons. The Kier molecular flexibility index (Phi) is 4.28. The fourth-order valence-electron chi connectivity index (χ4n) is 4.87. The van der Waals surface area contributed by atoms with Crippen LogP contribution in [0.4, 0.5) is 0 Å². The minimum Gasteiger partial charge on any atom is -0.299 e. The van der Waals surface area contributed by atoms with Gasteiger partial charge in [-0.3, -0.25) is 24.8 Å². The number of aromatic nitrogens is 1. The van der Waals surface area contributed by atoms with Crippen LogP contribution >= 0.6 is 0 Å². The number of fused-ring (bicyclic) bond motifs is 4. The predicted molar refractivity (Wildman–Crippen MR) is 89.8 cm³/mol. The molecular formula is C18H26N4O2. The van der Waals surface area contributed by atoms with Crippen LogP contribution < -0.4 is 5.48 Å². The molecule has 0 spiro atoms. The summed E-state index contributed by atoms with van der Waals surface area (Å²) < 4.78 is 0. The number of carbonyl (C=O) groups is 1. The molecule has 1 aliphatic carbocycles. The molecule has 1 amide bonds. The highest BCUT2D eigenvalue weighted by Crippen LogP contribution is 2.39. The standard InChI is InChI=1S/C18H26N4O2/c1-21-15-4-2-12(3-5-15)17(21)11-22-7-6-16-14(10-22)8-13(9-19-16)18(23)20-24/h8-9,12,15,17,24H,2-7,10-11H2,1H3,(H,20,23)/t12?,15?,17-/m0/s1. The molecule has 1 atom stereocenters. The fourth-order valence-corrected chi connectivity index (χ4v) is 4.87. The summed E-state index contributed by atoms with van der Waals surface area (Å²) in [5.74, 6) is 0.345. The second-order valence-corrected chi connectivity index (χ2v) is 7.56. The summed E-state index contributed by atoms with van der Waals surface area (Å²) in [6.45, 7) is 2.98. The highest BCUT2D eigenvalue weighted by molar-refractivity contribution is 5.93. The van der Waals surface area contributed by atoms with Crippen molar-refractivity contribution in [2.75, 3.05) is 20.1 Å². The molecule has 3 fully saturated rings. The first-order chi connectivity index (χ1) is 11.7. The summed E-state index contributed by atoms with van der Waals surface area (Å²) in [6, 6.07) is 3.31. The van der Waals surface area contributed by atoms with Crippen molar-refractivity contribution in [1.82, 2.24) is 20.3 Å². The quantitative estimate of drug-likeness (QED) is 0.648. The zero-order chi connectivity index (χ0) is 16.7. The Bertz CT molecular complexity index is 625. The van der Waals surface area contributed by atoms with Crippen molar-refractivity contribution in [3.63, 3.8) is 0 Å². The fraction of sp³-hybridized carbons (Fsp3) is 0.667. The summed E-state index contributed by atoms with van der Waals surface area (Å²) in [7, 11) is 2.30. The Morgan fingerprint density at radius 2 is 2.17 bits per heavy atom. The van der Waals surface area contributed by atoms with E-state index in [2.05, 4.69) is 21.8 Å². The van der Waals surface area contributed by atoms with Crippen LogP contribution in [0.2, 0.25) is 0 Å². The van der Waals surface area contributed by atoms with Crippen LogP contribution in [-0.4, -0.2) is 58.1 Å². The first kappa shape index (κ1) is 16.0. The maximum absolute atomic E-state index is 11.6. The van der Waals surface area contributed by atoms with Gasteiger partial charge in [0.1, 0.15) is 0 Å². The number of carbonyl (C=O) groups excluding carboxylic acids is 1. The maximum atomic E-state index is 11.6. The molecule has 3 aliphatic heterocycles. The topological polar surface area (TPSA) is 68.7 Å². The van der Waals surface area contributed by atoms with Gasteiger partial charge >= 0.3 is 0 Å². The Hall–Kier alpha value is -1.50. The van der Waals surface area contributed by atoms with Crippen LogP contribution in [0.5, 0.6) is 0 Å². The van der Waals surface area contributed by atoms with Gasteiger partial charge in [-0.1, -0.05) is 0 Å². The number of hydrogen-bond acceptors (Lipinski definition) is 5. The van der Waals surface area contributed by atoms with Crippen LogP contribution in [0.1, 0.15) is 47.3 Å². The molecule has 1 aromatic heterocycles. The molecule has 24 heavy (non-hydrogen) atoms. The summed E-state index contributed by atoms with van der Waals surface area (Å²) in [4.78, 5) is 21.1. The molecule has 130 valence electrons. The van der Waals surface area contributed by atoms with E-state index in [1.54, 1.807) is 11.7 Å². The number of nitrogens with one attached hydrogen (secondary N) is 1. The molecule has 2 N–H and O–H groups in total. The van der Waals surface area contributed by atoms with Crippen molar-refractivity contribution in [2.24, 2.45) is 5.92 Å². The van der Waals surface area contributed by atoms with Gasteiger partial charge in [-0.25, -0.2) is 5.48 Å². The first-order valence-corrected chi connectivity index (χ1v) is 9.02. The smallest absolute Gasteiger partial charge is 0.276 e. The number of nitrogens with zero attached hydrogens (tertiary/aromatic N) is 3. The number of amides is 1. The van der Waals surface area contributed by atoms with Crippen LogP contribution in [0, 0.1) is 5.92 Å². The Morgan fingerprint density at radius 3 is 2.88 bits per heavy atom. The van der Waals surface area contributed by atoms with Crippen molar-refractivity contribution >= 4 is 5.91 Å². The number of hydroxylamine groups is 1. The molecule has 5 rings (SSSR count). The first-order valence-electron chi connectivity index (χ1n) is 9.02. The van der Waals surface area contributed by atoms with E-state index in [1.807, 2.05) is 6.07 Å². The number of hydrogen-bond donors (Lipinski definition) is 2. The molecular weight excluding hydrogens is 304 g/mol. The third-order valence-corrected chi connectivity index (χ3v) is 6.31. The SMILES string of the molecule is CN1C2CCC(CC2)[C@@H]1CN1CCc2ncc(C(=O)NO)cc2C1. The van der Waals surface area contributed by atoms with E-state index in [0.717, 1.165) is 49.3 Å². The maximum Gasteiger partial charge on any atom is 0.276 e. The minimum atomic E-state index is -0.494. The molecule has 4 heterocycles. The van der Waals surface area contributed by atoms with Crippen molar-refractivity contribution in [3.8, 4) is 0 Å². The van der Waals surface area contributed by atoms with Gasteiger partial charge in [-0.05, 0) is 50.3 Å². The Labute approximate surface area is 142 Å². The third-order valence-electron chi connectivity index (χ3n) is 6.31. The van der Waals surface area contributed by atoms with Gasteiger partial charge in [0.15, 0.2) is 0 Å². The average Bonchev–Trinajstić information content (AvgIpc) is 2.63. The van der Waals surface area contributed by atoms with Gasteiger partial charge in [-0.15, -0.1) is 0 Å². The highest BCUT2D eigenvalue weighted by Gasteiger charge is 2.40. The normalized spacial score (nSPS) is 30.2. The van der Waals surface area contributed by atoms with Crippen molar-refractivity contribution in [2.45, 2.75) is 50.7 Å². The third kappa shape index (κ3) is 2.83. The lowest BCUT2D eigenvalue weighted by molar-refractivity contribution is -0.0113. The summed E-state index contributed by atoms with van der Waals surface area (Å²) >= 11 is 0. The van der Waals surface area contributed by atoms with Gasteiger partial charge in [0.25, 0.3) is 5.91 Å². The summed E-state index contributed by atoms with van der Waals surface area (Å²) in [6.07, 6.45) is 7.97. The van der Waals surface area contributed by atoms with Crippen LogP contribution in [0.3, 0.4) is 0 Å². The van der Waals surface area contributed by atoms with E-state index < -0.39 is 5.91 Å². The van der Waals surface area contributed by atoms with Crippen molar-refractivity contribution in [1.29, 1.82) is 0 Å². The zero-order valence-electron chi connectivity index (χ0n) is 14.2. The molecule has 1 saturated carbocycles. The number of pyridine rings is 1. The predicted octanol–water partition coefficient (Wildman–Crippen LogP) is 1.43.